The van der Waals surface area contributed by atoms with Crippen LogP contribution < -0.4 is 15.4 Å². The number of hydrogen-bond donors (Lipinski definition) is 2. The largest absolute Gasteiger partial charge is 0.495 e. The van der Waals surface area contributed by atoms with Crippen molar-refractivity contribution in [2.75, 3.05) is 12.4 Å². The van der Waals surface area contributed by atoms with Crippen LogP contribution in [0.1, 0.15) is 19.4 Å². The number of aromatic nitrogens is 1. The molecule has 0 aliphatic carbocycles. The molecule has 7 heteroatoms. The van der Waals surface area contributed by atoms with Gasteiger partial charge in [-0.05, 0) is 49.7 Å². The number of nitrogens with one attached hydrogen (secondary N) is 2. The number of pyridine rings is 1. The molecule has 0 spiro atoms. The highest BCUT2D eigenvalue weighted by Gasteiger charge is 2.36. The van der Waals surface area contributed by atoms with Crippen molar-refractivity contribution in [1.29, 1.82) is 0 Å². The fraction of sp³-hybridized carbons (Fsp3) is 0.278. The van der Waals surface area contributed by atoms with E-state index in [4.69, 9.17) is 16.3 Å². The van der Waals surface area contributed by atoms with Gasteiger partial charge in [0.05, 0.1) is 12.8 Å². The minimum absolute atomic E-state index is 0.318. The van der Waals surface area contributed by atoms with E-state index in [-0.39, 0.29) is 5.91 Å². The highest BCUT2D eigenvalue weighted by atomic mass is 35.5. The van der Waals surface area contributed by atoms with E-state index in [1.165, 1.54) is 7.11 Å². The van der Waals surface area contributed by atoms with Gasteiger partial charge < -0.3 is 15.4 Å². The quantitative estimate of drug-likeness (QED) is 0.775. The number of hydrogen-bond acceptors (Lipinski definition) is 4. The first-order valence-corrected chi connectivity index (χ1v) is 8.04. The summed E-state index contributed by atoms with van der Waals surface area (Å²) in [5.41, 5.74) is 0.0338. The Morgan fingerprint density at radius 1 is 1.16 bits per heavy atom. The number of carbonyl (C=O) groups is 2. The molecule has 6 nitrogen and oxygen atoms in total. The predicted octanol–water partition coefficient (Wildman–Crippen LogP) is 3.02. The zero-order valence-corrected chi connectivity index (χ0v) is 15.1. The molecule has 2 rings (SSSR count). The third-order valence-electron chi connectivity index (χ3n) is 3.75. The van der Waals surface area contributed by atoms with Crippen LogP contribution in [0.2, 0.25) is 5.02 Å². The average molecular weight is 362 g/mol. The van der Waals surface area contributed by atoms with E-state index < -0.39 is 11.3 Å². The van der Waals surface area contributed by atoms with Gasteiger partial charge in [0, 0.05) is 24.0 Å². The molecule has 0 saturated carbocycles. The molecule has 0 aliphatic rings. The first kappa shape index (κ1) is 18.7. The SMILES string of the molecule is COc1ccc(Cl)cc1NC(=O)C(C)(C)C(=O)NCc1ccncc1. The predicted molar refractivity (Wildman–Crippen MR) is 96.5 cm³/mol. The molecule has 1 aromatic heterocycles. The van der Waals surface area contributed by atoms with E-state index >= 15 is 0 Å². The van der Waals surface area contributed by atoms with Gasteiger partial charge in [-0.3, -0.25) is 14.6 Å². The second kappa shape index (κ2) is 7.98. The molecule has 2 N–H and O–H groups in total. The summed E-state index contributed by atoms with van der Waals surface area (Å²) in [6, 6.07) is 8.47. The minimum atomic E-state index is -1.28. The Morgan fingerprint density at radius 3 is 2.48 bits per heavy atom. The topological polar surface area (TPSA) is 80.3 Å². The Hall–Kier alpha value is -2.60. The second-order valence-electron chi connectivity index (χ2n) is 5.96. The molecule has 0 saturated heterocycles. The van der Waals surface area contributed by atoms with Crippen LogP contribution in [0.4, 0.5) is 5.69 Å². The van der Waals surface area contributed by atoms with E-state index in [1.807, 2.05) is 0 Å². The van der Waals surface area contributed by atoms with E-state index in [1.54, 1.807) is 56.6 Å². The Labute approximate surface area is 151 Å². The molecule has 1 aromatic carbocycles. The molecule has 0 radical (unpaired) electrons. The molecule has 0 unspecified atom stereocenters. The maximum absolute atomic E-state index is 12.6. The zero-order valence-electron chi connectivity index (χ0n) is 14.3. The Kier molecular flexibility index (Phi) is 5.98. The van der Waals surface area contributed by atoms with Crippen LogP contribution in [0.15, 0.2) is 42.7 Å². The maximum atomic E-state index is 12.6. The van der Waals surface area contributed by atoms with Crippen molar-refractivity contribution in [2.24, 2.45) is 5.41 Å². The number of anilines is 1. The standard InChI is InChI=1S/C18H20ClN3O3/c1-18(2,16(23)21-11-12-6-8-20-9-7-12)17(24)22-14-10-13(19)4-5-15(14)25-3/h4-10H,11H2,1-3H3,(H,21,23)(H,22,24). The van der Waals surface area contributed by atoms with E-state index in [0.29, 0.717) is 23.0 Å². The third-order valence-corrected chi connectivity index (χ3v) is 3.98. The molecule has 0 atom stereocenters. The van der Waals surface area contributed by atoms with Gasteiger partial charge in [-0.2, -0.15) is 0 Å². The highest BCUT2D eigenvalue weighted by molar-refractivity contribution is 6.31. The molecular weight excluding hydrogens is 342 g/mol. The van der Waals surface area contributed by atoms with Crippen LogP contribution in [0.25, 0.3) is 0 Å². The van der Waals surface area contributed by atoms with E-state index in [2.05, 4.69) is 15.6 Å². The van der Waals surface area contributed by atoms with Crippen molar-refractivity contribution in [3.63, 3.8) is 0 Å². The van der Waals surface area contributed by atoms with Gasteiger partial charge in [0.25, 0.3) is 0 Å². The smallest absolute Gasteiger partial charge is 0.239 e. The monoisotopic (exact) mass is 361 g/mol. The van der Waals surface area contributed by atoms with E-state index in [0.717, 1.165) is 5.56 Å². The van der Waals surface area contributed by atoms with Crippen LogP contribution in [0, 0.1) is 5.41 Å². The third kappa shape index (κ3) is 4.70. The van der Waals surface area contributed by atoms with Gasteiger partial charge in [0.15, 0.2) is 0 Å². The van der Waals surface area contributed by atoms with Crippen molar-refractivity contribution < 1.29 is 14.3 Å². The first-order valence-electron chi connectivity index (χ1n) is 7.67. The second-order valence-corrected chi connectivity index (χ2v) is 6.40. The van der Waals surface area contributed by atoms with Crippen LogP contribution in [-0.2, 0) is 16.1 Å². The van der Waals surface area contributed by atoms with Gasteiger partial charge in [-0.25, -0.2) is 0 Å². The molecule has 0 aliphatic heterocycles. The van der Waals surface area contributed by atoms with Crippen LogP contribution in [0.3, 0.4) is 0 Å². The summed E-state index contributed by atoms with van der Waals surface area (Å²) in [6.07, 6.45) is 3.29. The summed E-state index contributed by atoms with van der Waals surface area (Å²) in [7, 11) is 1.49. The molecule has 2 aromatic rings. The zero-order chi connectivity index (χ0) is 18.4. The summed E-state index contributed by atoms with van der Waals surface area (Å²) in [5, 5.41) is 5.92. The van der Waals surface area contributed by atoms with Gasteiger partial charge >= 0.3 is 0 Å². The number of amides is 2. The summed E-state index contributed by atoms with van der Waals surface area (Å²) in [6.45, 7) is 3.43. The lowest BCUT2D eigenvalue weighted by molar-refractivity contribution is -0.138. The maximum Gasteiger partial charge on any atom is 0.239 e. The van der Waals surface area contributed by atoms with Crippen LogP contribution in [-0.4, -0.2) is 23.9 Å². The summed E-state index contributed by atoms with van der Waals surface area (Å²) in [5.74, 6) is -0.381. The lowest BCUT2D eigenvalue weighted by atomic mass is 9.90. The number of halogens is 1. The molecule has 0 fully saturated rings. The normalized spacial score (nSPS) is 10.9. The fourth-order valence-corrected chi connectivity index (χ4v) is 2.24. The number of nitrogens with zero attached hydrogens (tertiary/aromatic N) is 1. The Bertz CT molecular complexity index is 763. The lowest BCUT2D eigenvalue weighted by Crippen LogP contribution is -2.44. The summed E-state index contributed by atoms with van der Waals surface area (Å²) in [4.78, 5) is 29.0. The number of ether oxygens (including phenoxy) is 1. The van der Waals surface area contributed by atoms with Gasteiger partial charge in [0.1, 0.15) is 11.2 Å². The van der Waals surface area contributed by atoms with Crippen molar-refractivity contribution in [2.45, 2.75) is 20.4 Å². The van der Waals surface area contributed by atoms with Crippen molar-refractivity contribution in [3.05, 3.63) is 53.3 Å². The Balaban J connectivity index is 2.06. The van der Waals surface area contributed by atoms with Crippen molar-refractivity contribution in [1.82, 2.24) is 10.3 Å². The molecule has 1 heterocycles. The fourth-order valence-electron chi connectivity index (χ4n) is 2.06. The Morgan fingerprint density at radius 2 is 1.84 bits per heavy atom. The molecule has 132 valence electrons. The molecule has 0 bridgehead atoms. The van der Waals surface area contributed by atoms with Crippen LogP contribution in [0.5, 0.6) is 5.75 Å². The van der Waals surface area contributed by atoms with E-state index in [9.17, 15) is 9.59 Å². The summed E-state index contributed by atoms with van der Waals surface area (Å²) >= 11 is 5.96. The number of benzene rings is 1. The van der Waals surface area contributed by atoms with Gasteiger partial charge in [-0.1, -0.05) is 11.6 Å². The van der Waals surface area contributed by atoms with Gasteiger partial charge in [0.2, 0.25) is 11.8 Å². The first-order chi connectivity index (χ1) is 11.8. The highest BCUT2D eigenvalue weighted by Crippen LogP contribution is 2.29. The van der Waals surface area contributed by atoms with Crippen LogP contribution >= 0.6 is 11.6 Å². The average Bonchev–Trinajstić information content (AvgIpc) is 2.60. The number of rotatable bonds is 6. The van der Waals surface area contributed by atoms with Gasteiger partial charge in [-0.15, -0.1) is 0 Å². The van der Waals surface area contributed by atoms with Crippen molar-refractivity contribution >= 4 is 29.1 Å². The summed E-state index contributed by atoms with van der Waals surface area (Å²) < 4.78 is 5.20. The minimum Gasteiger partial charge on any atom is -0.495 e. The molecular formula is C18H20ClN3O3. The molecule has 2 amide bonds. The number of carbonyl (C=O) groups excluding carboxylic acids is 2. The molecule has 25 heavy (non-hydrogen) atoms. The number of methoxy groups -OCH3 is 1. The van der Waals surface area contributed by atoms with Crippen molar-refractivity contribution in [3.8, 4) is 5.75 Å². The lowest BCUT2D eigenvalue weighted by Gasteiger charge is -2.23.